The minimum atomic E-state index is -2.21. The van der Waals surface area contributed by atoms with Gasteiger partial charge in [0.1, 0.15) is 6.04 Å². The second-order valence-corrected chi connectivity index (χ2v) is 15.1. The monoisotopic (exact) mass is 496 g/mol. The van der Waals surface area contributed by atoms with E-state index in [1.54, 1.807) is 25.1 Å². The Balaban J connectivity index is 2.16. The molecule has 0 aromatic heterocycles. The van der Waals surface area contributed by atoms with E-state index in [2.05, 4.69) is 33.9 Å². The van der Waals surface area contributed by atoms with Crippen LogP contribution in [0.3, 0.4) is 0 Å². The summed E-state index contributed by atoms with van der Waals surface area (Å²) in [6, 6.07) is 15.4. The van der Waals surface area contributed by atoms with Gasteiger partial charge >= 0.3 is 5.97 Å². The van der Waals surface area contributed by atoms with Gasteiger partial charge in [-0.2, -0.15) is 0 Å². The maximum absolute atomic E-state index is 13.2. The van der Waals surface area contributed by atoms with Crippen molar-refractivity contribution in [2.75, 3.05) is 6.61 Å². The van der Waals surface area contributed by atoms with Gasteiger partial charge in [0.15, 0.2) is 0 Å². The van der Waals surface area contributed by atoms with Gasteiger partial charge < -0.3 is 9.16 Å². The number of hydrogen-bond acceptors (Lipinski definition) is 6. The van der Waals surface area contributed by atoms with Crippen molar-refractivity contribution in [3.05, 3.63) is 87.7 Å². The Morgan fingerprint density at radius 1 is 1.11 bits per heavy atom. The Bertz CT molecular complexity index is 1080. The van der Waals surface area contributed by atoms with Crippen LogP contribution in [0.15, 0.2) is 66.4 Å². The molecule has 2 atom stereocenters. The number of nitro groups is 1. The predicted octanol–water partition coefficient (Wildman–Crippen LogP) is 6.38. The van der Waals surface area contributed by atoms with Gasteiger partial charge in [0.05, 0.1) is 28.9 Å². The van der Waals surface area contributed by atoms with Crippen LogP contribution >= 0.6 is 0 Å². The Kier molecular flexibility index (Phi) is 8.17. The van der Waals surface area contributed by atoms with E-state index < -0.39 is 20.4 Å². The first-order valence-electron chi connectivity index (χ1n) is 12.0. The van der Waals surface area contributed by atoms with Crippen LogP contribution in [0.2, 0.25) is 18.1 Å². The Morgan fingerprint density at radius 2 is 1.74 bits per heavy atom. The van der Waals surface area contributed by atoms with E-state index in [9.17, 15) is 14.9 Å². The number of esters is 1. The Labute approximate surface area is 209 Å². The molecule has 0 N–H and O–H groups in total. The fourth-order valence-corrected chi connectivity index (χ4v) is 5.14. The van der Waals surface area contributed by atoms with Crippen molar-refractivity contribution in [1.29, 1.82) is 0 Å². The summed E-state index contributed by atoms with van der Waals surface area (Å²) in [5, 5.41) is 11.9. The average molecular weight is 497 g/mol. The second-order valence-electron chi connectivity index (χ2n) is 10.4. The summed E-state index contributed by atoms with van der Waals surface area (Å²) in [6.07, 6.45) is 2.32. The maximum Gasteiger partial charge on any atom is 0.323 e. The Morgan fingerprint density at radius 3 is 2.34 bits per heavy atom. The third-order valence-electron chi connectivity index (χ3n) is 6.91. The van der Waals surface area contributed by atoms with Crippen molar-refractivity contribution in [1.82, 2.24) is 4.90 Å². The smallest absolute Gasteiger partial charge is 0.323 e. The first kappa shape index (κ1) is 26.6. The van der Waals surface area contributed by atoms with Crippen molar-refractivity contribution in [2.24, 2.45) is 0 Å². The summed E-state index contributed by atoms with van der Waals surface area (Å²) in [4.78, 5) is 26.8. The zero-order chi connectivity index (χ0) is 25.8. The van der Waals surface area contributed by atoms with Crippen molar-refractivity contribution < 1.29 is 18.9 Å². The molecular weight excluding hydrogens is 460 g/mol. The number of hydrogen-bond donors (Lipinski definition) is 0. The molecule has 2 aromatic rings. The molecule has 1 aliphatic heterocycles. The Hall–Kier alpha value is -2.97. The summed E-state index contributed by atoms with van der Waals surface area (Å²) >= 11 is 0. The van der Waals surface area contributed by atoms with E-state index in [0.717, 1.165) is 5.56 Å². The number of carbonyl (C=O) groups excluding carboxylic acids is 1. The molecule has 0 saturated heterocycles. The van der Waals surface area contributed by atoms with Crippen molar-refractivity contribution in [3.63, 3.8) is 0 Å². The first-order chi connectivity index (χ1) is 16.4. The highest BCUT2D eigenvalue weighted by molar-refractivity contribution is 6.74. The molecule has 1 aliphatic rings. The molecule has 0 fully saturated rings. The highest BCUT2D eigenvalue weighted by Crippen LogP contribution is 2.43. The fraction of sp³-hybridized carbons (Fsp3) is 0.444. The van der Waals surface area contributed by atoms with E-state index in [1.165, 1.54) is 6.07 Å². The van der Waals surface area contributed by atoms with E-state index in [1.807, 2.05) is 41.3 Å². The van der Waals surface area contributed by atoms with E-state index >= 15 is 0 Å². The van der Waals surface area contributed by atoms with Crippen LogP contribution in [0.4, 0.5) is 5.69 Å². The topological polar surface area (TPSA) is 81.9 Å². The molecule has 2 aromatic carbocycles. The summed E-state index contributed by atoms with van der Waals surface area (Å²) < 4.78 is 12.1. The van der Waals surface area contributed by atoms with Gasteiger partial charge in [0.2, 0.25) is 8.32 Å². The zero-order valence-electron chi connectivity index (χ0n) is 21.5. The molecule has 0 saturated carbocycles. The molecular formula is C27H36N2O5Si. The average Bonchev–Trinajstić information content (AvgIpc) is 2.79. The van der Waals surface area contributed by atoms with Crippen LogP contribution in [0, 0.1) is 10.1 Å². The summed E-state index contributed by atoms with van der Waals surface area (Å²) in [7, 11) is -2.21. The van der Waals surface area contributed by atoms with E-state index in [0.29, 0.717) is 24.3 Å². The van der Waals surface area contributed by atoms with Gasteiger partial charge in [-0.05, 0) is 36.7 Å². The molecule has 0 spiro atoms. The van der Waals surface area contributed by atoms with Crippen LogP contribution in [0.1, 0.15) is 51.3 Å². The highest BCUT2D eigenvalue weighted by Gasteiger charge is 2.44. The summed E-state index contributed by atoms with van der Waals surface area (Å²) in [5.41, 5.74) is 1.55. The number of rotatable bonds is 8. The summed E-state index contributed by atoms with van der Waals surface area (Å²) in [6.45, 7) is 13.3. The zero-order valence-corrected chi connectivity index (χ0v) is 22.5. The SMILES string of the molecule is CCOC(=O)[C@@H]1CC(O[Si](C)(C)C(C)(C)C)=C[C@@H](c2ccccc2[N+](=O)[O-])N1Cc1ccccc1. The highest BCUT2D eigenvalue weighted by atomic mass is 28.4. The number of nitro benzene ring substituents is 1. The standard InChI is InChI=1S/C27H36N2O5Si/c1-7-33-26(30)25-18-21(34-35(5,6)27(2,3)4)17-24(22-15-11-12-16-23(22)29(31)32)28(25)19-20-13-9-8-10-14-20/h8-17,24-25H,7,18-19H2,1-6H3/t24-,25-/m0/s1. The summed E-state index contributed by atoms with van der Waals surface area (Å²) in [5.74, 6) is 0.346. The van der Waals surface area contributed by atoms with Gasteiger partial charge in [-0.1, -0.05) is 69.3 Å². The number of nitrogens with zero attached hydrogens (tertiary/aromatic N) is 2. The lowest BCUT2D eigenvalue weighted by atomic mass is 9.93. The fourth-order valence-electron chi connectivity index (χ4n) is 4.03. The third-order valence-corrected chi connectivity index (χ3v) is 11.3. The normalized spacial score (nSPS) is 19.1. The van der Waals surface area contributed by atoms with Crippen molar-refractivity contribution in [3.8, 4) is 0 Å². The molecule has 0 radical (unpaired) electrons. The van der Waals surface area contributed by atoms with E-state index in [-0.39, 0.29) is 28.2 Å². The molecule has 7 nitrogen and oxygen atoms in total. The number of para-hydroxylation sites is 1. The lowest BCUT2D eigenvalue weighted by molar-refractivity contribution is -0.385. The molecule has 0 amide bonds. The van der Waals surface area contributed by atoms with Gasteiger partial charge in [0.25, 0.3) is 5.69 Å². The van der Waals surface area contributed by atoms with Gasteiger partial charge in [-0.3, -0.25) is 19.8 Å². The third kappa shape index (κ3) is 6.18. The van der Waals surface area contributed by atoms with Gasteiger partial charge in [-0.25, -0.2) is 0 Å². The van der Waals surface area contributed by atoms with Crippen molar-refractivity contribution >= 4 is 20.0 Å². The minimum absolute atomic E-state index is 0.0167. The quantitative estimate of drug-likeness (QED) is 0.183. The molecule has 3 rings (SSSR count). The molecule has 0 bridgehead atoms. The second kappa shape index (κ2) is 10.7. The molecule has 188 valence electrons. The molecule has 0 unspecified atom stereocenters. The molecule has 1 heterocycles. The lowest BCUT2D eigenvalue weighted by Crippen LogP contribution is -2.48. The first-order valence-corrected chi connectivity index (χ1v) is 14.9. The van der Waals surface area contributed by atoms with E-state index in [4.69, 9.17) is 9.16 Å². The predicted molar refractivity (Wildman–Crippen MR) is 139 cm³/mol. The van der Waals surface area contributed by atoms with Crippen LogP contribution in [0.25, 0.3) is 0 Å². The van der Waals surface area contributed by atoms with Crippen molar-refractivity contribution in [2.45, 2.75) is 70.9 Å². The van der Waals surface area contributed by atoms with Crippen LogP contribution in [-0.4, -0.2) is 36.8 Å². The minimum Gasteiger partial charge on any atom is -0.547 e. The molecule has 0 aliphatic carbocycles. The van der Waals surface area contributed by atoms with Gasteiger partial charge in [-0.15, -0.1) is 0 Å². The number of benzene rings is 2. The van der Waals surface area contributed by atoms with Gasteiger partial charge in [0, 0.05) is 19.0 Å². The van der Waals surface area contributed by atoms with Crippen LogP contribution in [-0.2, 0) is 20.5 Å². The lowest BCUT2D eigenvalue weighted by Gasteiger charge is -2.43. The maximum atomic E-state index is 13.2. The van der Waals surface area contributed by atoms with Crippen LogP contribution in [0.5, 0.6) is 0 Å². The number of carbonyl (C=O) groups is 1. The number of ether oxygens (including phenoxy) is 1. The van der Waals surface area contributed by atoms with Crippen LogP contribution < -0.4 is 0 Å². The largest absolute Gasteiger partial charge is 0.547 e. The molecule has 35 heavy (non-hydrogen) atoms. The molecule has 8 heteroatoms.